The van der Waals surface area contributed by atoms with E-state index in [1.807, 2.05) is 0 Å². The second-order valence-corrected chi connectivity index (χ2v) is 7.03. The van der Waals surface area contributed by atoms with Crippen molar-refractivity contribution < 1.29 is 0 Å². The summed E-state index contributed by atoms with van der Waals surface area (Å²) >= 11 is 0. The highest BCUT2D eigenvalue weighted by Crippen LogP contribution is 2.21. The summed E-state index contributed by atoms with van der Waals surface area (Å²) in [6.45, 7) is 0.805. The average Bonchev–Trinajstić information content (AvgIpc) is 2.54. The molecular weight excluding hydrogens is 296 g/mol. The van der Waals surface area contributed by atoms with Crippen molar-refractivity contribution in [2.24, 2.45) is 5.73 Å². The minimum absolute atomic E-state index is 0.0716. The van der Waals surface area contributed by atoms with Gasteiger partial charge in [0.1, 0.15) is 0 Å². The van der Waals surface area contributed by atoms with E-state index >= 15 is 0 Å². The first-order chi connectivity index (χ1) is 11.7. The number of anilines is 1. The van der Waals surface area contributed by atoms with Gasteiger partial charge in [0.05, 0.1) is 0 Å². The Morgan fingerprint density at radius 3 is 2.29 bits per heavy atom. The largest absolute Gasteiger partial charge is 0.382 e. The first kappa shape index (κ1) is 18.6. The Morgan fingerprint density at radius 2 is 1.62 bits per heavy atom. The van der Waals surface area contributed by atoms with Crippen LogP contribution in [-0.4, -0.2) is 18.5 Å². The molecule has 1 saturated carbocycles. The van der Waals surface area contributed by atoms with E-state index in [1.165, 1.54) is 69.0 Å². The predicted octanol–water partition coefficient (Wildman–Crippen LogP) is 4.41. The third-order valence-electron chi connectivity index (χ3n) is 4.89. The van der Waals surface area contributed by atoms with Crippen LogP contribution in [0.25, 0.3) is 0 Å². The van der Waals surface area contributed by atoms with Gasteiger partial charge in [-0.15, -0.1) is 0 Å². The van der Waals surface area contributed by atoms with Gasteiger partial charge in [-0.2, -0.15) is 0 Å². The van der Waals surface area contributed by atoms with Crippen LogP contribution in [0.1, 0.15) is 69.8 Å². The molecule has 0 aromatic heterocycles. The Hall–Kier alpha value is -1.71. The van der Waals surface area contributed by atoms with Crippen molar-refractivity contribution in [3.63, 3.8) is 0 Å². The fraction of sp³-hybridized carbons (Fsp3) is 0.650. The van der Waals surface area contributed by atoms with E-state index in [1.54, 1.807) is 0 Å². The minimum Gasteiger partial charge on any atom is -0.382 e. The fourth-order valence-corrected chi connectivity index (χ4v) is 3.46. The summed E-state index contributed by atoms with van der Waals surface area (Å²) in [5, 5.41) is 13.7. The van der Waals surface area contributed by atoms with Gasteiger partial charge in [0.2, 0.25) is 0 Å². The summed E-state index contributed by atoms with van der Waals surface area (Å²) in [6, 6.07) is 9.67. The number of nitrogens with one attached hydrogen (secondary N) is 3. The van der Waals surface area contributed by atoms with Gasteiger partial charge in [0, 0.05) is 18.3 Å². The van der Waals surface area contributed by atoms with Crippen LogP contribution in [0.4, 0.5) is 5.69 Å². The van der Waals surface area contributed by atoms with Crippen LogP contribution in [0.3, 0.4) is 0 Å². The van der Waals surface area contributed by atoms with Crippen LogP contribution < -0.4 is 16.4 Å². The molecule has 24 heavy (non-hydrogen) atoms. The zero-order valence-corrected chi connectivity index (χ0v) is 14.9. The lowest BCUT2D eigenvalue weighted by molar-refractivity contribution is 0.471. The molecule has 1 aromatic carbocycles. The maximum Gasteiger partial charge on any atom is 0.185 e. The molecule has 1 fully saturated rings. The van der Waals surface area contributed by atoms with E-state index in [2.05, 4.69) is 34.9 Å². The normalized spacial score (nSPS) is 16.2. The highest BCUT2D eigenvalue weighted by Gasteiger charge is 2.10. The van der Waals surface area contributed by atoms with Crippen molar-refractivity contribution >= 4 is 11.6 Å². The van der Waals surface area contributed by atoms with E-state index in [9.17, 15) is 0 Å². The van der Waals surface area contributed by atoms with E-state index in [-0.39, 0.29) is 5.96 Å². The van der Waals surface area contributed by atoms with Crippen molar-refractivity contribution in [1.29, 1.82) is 5.41 Å². The number of nitrogens with two attached hydrogens (primary N) is 1. The van der Waals surface area contributed by atoms with Crippen LogP contribution in [0.15, 0.2) is 24.3 Å². The molecule has 1 aliphatic rings. The van der Waals surface area contributed by atoms with Gasteiger partial charge in [-0.25, -0.2) is 0 Å². The molecule has 0 saturated heterocycles. The van der Waals surface area contributed by atoms with Crippen LogP contribution in [0.5, 0.6) is 0 Å². The van der Waals surface area contributed by atoms with Gasteiger partial charge >= 0.3 is 0 Å². The lowest BCUT2D eigenvalue weighted by Crippen LogP contribution is -2.30. The second kappa shape index (κ2) is 11.0. The van der Waals surface area contributed by atoms with Gasteiger partial charge in [-0.3, -0.25) is 5.41 Å². The van der Waals surface area contributed by atoms with Crippen molar-refractivity contribution in [3.8, 4) is 0 Å². The Bertz CT molecular complexity index is 461. The van der Waals surface area contributed by atoms with Gasteiger partial charge in [-0.05, 0) is 49.8 Å². The topological polar surface area (TPSA) is 73.9 Å². The molecule has 0 aliphatic heterocycles. The van der Waals surface area contributed by atoms with Gasteiger partial charge in [-0.1, -0.05) is 50.7 Å². The van der Waals surface area contributed by atoms with Crippen LogP contribution >= 0.6 is 0 Å². The number of aryl methyl sites for hydroxylation is 1. The first-order valence-corrected chi connectivity index (χ1v) is 9.67. The number of unbranched alkanes of at least 4 members (excludes halogenated alkanes) is 2. The lowest BCUT2D eigenvalue weighted by atomic mass is 9.96. The number of hydrogen-bond acceptors (Lipinski definition) is 2. The molecule has 0 spiro atoms. The van der Waals surface area contributed by atoms with Crippen LogP contribution in [0.2, 0.25) is 0 Å². The Kier molecular flexibility index (Phi) is 8.50. The fourth-order valence-electron chi connectivity index (χ4n) is 3.46. The molecule has 1 aromatic rings. The van der Waals surface area contributed by atoms with Crippen molar-refractivity contribution in [2.75, 3.05) is 11.9 Å². The van der Waals surface area contributed by atoms with Crippen LogP contribution in [0, 0.1) is 5.41 Å². The van der Waals surface area contributed by atoms with E-state index in [4.69, 9.17) is 11.1 Å². The Balaban J connectivity index is 1.65. The van der Waals surface area contributed by atoms with Gasteiger partial charge in [0.15, 0.2) is 5.96 Å². The molecule has 134 valence electrons. The Labute approximate surface area is 147 Å². The predicted molar refractivity (Wildman–Crippen MR) is 104 cm³/mol. The molecule has 1 aliphatic carbocycles. The molecule has 0 radical (unpaired) electrons. The molecule has 0 unspecified atom stereocenters. The van der Waals surface area contributed by atoms with E-state index in [0.717, 1.165) is 19.4 Å². The molecule has 4 nitrogen and oxygen atoms in total. The second-order valence-electron chi connectivity index (χ2n) is 7.03. The maximum absolute atomic E-state index is 7.11. The third kappa shape index (κ3) is 7.71. The standard InChI is InChI=1S/C20H34N4/c21-20(22)23-16-8-4-5-9-17-12-14-19(15-13-17)24-18-10-6-2-1-3-7-11-18/h12-15,18,24H,1-11,16H2,(H4,21,22,23). The smallest absolute Gasteiger partial charge is 0.185 e. The molecule has 2 rings (SSSR count). The zero-order valence-electron chi connectivity index (χ0n) is 14.9. The van der Waals surface area contributed by atoms with Crippen molar-refractivity contribution in [1.82, 2.24) is 5.32 Å². The summed E-state index contributed by atoms with van der Waals surface area (Å²) in [6.07, 6.45) is 14.2. The molecule has 5 N–H and O–H groups in total. The summed E-state index contributed by atoms with van der Waals surface area (Å²) in [5.74, 6) is 0.0716. The number of guanidine groups is 1. The SMILES string of the molecule is N=C(N)NCCCCCc1ccc(NC2CCCCCCC2)cc1. The van der Waals surface area contributed by atoms with E-state index in [0.29, 0.717) is 6.04 Å². The number of rotatable bonds is 8. The molecule has 0 bridgehead atoms. The quantitative estimate of drug-likeness (QED) is 0.324. The van der Waals surface area contributed by atoms with Gasteiger partial charge in [0.25, 0.3) is 0 Å². The first-order valence-electron chi connectivity index (χ1n) is 9.67. The number of hydrogen-bond donors (Lipinski definition) is 4. The zero-order chi connectivity index (χ0) is 17.0. The summed E-state index contributed by atoms with van der Waals surface area (Å²) in [4.78, 5) is 0. The van der Waals surface area contributed by atoms with Crippen LogP contribution in [-0.2, 0) is 6.42 Å². The van der Waals surface area contributed by atoms with E-state index < -0.39 is 0 Å². The minimum atomic E-state index is 0.0716. The maximum atomic E-state index is 7.11. The Morgan fingerprint density at radius 1 is 0.958 bits per heavy atom. The van der Waals surface area contributed by atoms with Crippen molar-refractivity contribution in [3.05, 3.63) is 29.8 Å². The monoisotopic (exact) mass is 330 g/mol. The highest BCUT2D eigenvalue weighted by atomic mass is 15.0. The number of benzene rings is 1. The lowest BCUT2D eigenvalue weighted by Gasteiger charge is -2.22. The molecule has 0 atom stereocenters. The van der Waals surface area contributed by atoms with Crippen molar-refractivity contribution in [2.45, 2.75) is 76.7 Å². The third-order valence-corrected chi connectivity index (χ3v) is 4.89. The summed E-state index contributed by atoms with van der Waals surface area (Å²) in [7, 11) is 0. The summed E-state index contributed by atoms with van der Waals surface area (Å²) in [5.41, 5.74) is 7.95. The molecular formula is C20H34N4. The molecule has 4 heteroatoms. The molecule has 0 heterocycles. The van der Waals surface area contributed by atoms with Gasteiger partial charge < -0.3 is 16.4 Å². The highest BCUT2D eigenvalue weighted by molar-refractivity contribution is 5.74. The molecule has 0 amide bonds. The average molecular weight is 331 g/mol. The summed E-state index contributed by atoms with van der Waals surface area (Å²) < 4.78 is 0.